The van der Waals surface area contributed by atoms with Gasteiger partial charge in [0.25, 0.3) is 5.69 Å². The van der Waals surface area contributed by atoms with Crippen molar-refractivity contribution in [2.24, 2.45) is 4.99 Å². The largest absolute Gasteiger partial charge is 0.392 e. The molecule has 4 rings (SSSR count). The summed E-state index contributed by atoms with van der Waals surface area (Å²) in [5, 5.41) is 25.4. The quantitative estimate of drug-likeness (QED) is 0.463. The van der Waals surface area contributed by atoms with Crippen LogP contribution in [0, 0.1) is 10.1 Å². The van der Waals surface area contributed by atoms with Gasteiger partial charge in [-0.1, -0.05) is 31.2 Å². The first-order valence-corrected chi connectivity index (χ1v) is 9.64. The van der Waals surface area contributed by atoms with E-state index in [-0.39, 0.29) is 12.3 Å². The van der Waals surface area contributed by atoms with E-state index in [1.165, 1.54) is 12.4 Å². The number of nitrogens with one attached hydrogen (secondary N) is 1. The smallest absolute Gasteiger partial charge is 0.277 e. The van der Waals surface area contributed by atoms with Crippen LogP contribution in [0.5, 0.6) is 0 Å². The number of allylic oxidation sites excluding steroid dienone is 1. The van der Waals surface area contributed by atoms with Crippen LogP contribution in [0.1, 0.15) is 23.6 Å². The van der Waals surface area contributed by atoms with Crippen molar-refractivity contribution < 1.29 is 10.0 Å². The van der Waals surface area contributed by atoms with Gasteiger partial charge in [0.15, 0.2) is 5.66 Å². The minimum atomic E-state index is -1.06. The lowest BCUT2D eigenvalue weighted by Crippen LogP contribution is -2.38. The van der Waals surface area contributed by atoms with E-state index in [1.807, 2.05) is 37.3 Å². The lowest BCUT2D eigenvalue weighted by Gasteiger charge is -2.25. The predicted octanol–water partition coefficient (Wildman–Crippen LogP) is 3.05. The van der Waals surface area contributed by atoms with Gasteiger partial charge in [-0.3, -0.25) is 20.4 Å². The third kappa shape index (κ3) is 3.58. The van der Waals surface area contributed by atoms with E-state index in [2.05, 4.69) is 20.3 Å². The van der Waals surface area contributed by atoms with Gasteiger partial charge in [0, 0.05) is 23.9 Å². The van der Waals surface area contributed by atoms with Crippen LogP contribution in [0.25, 0.3) is 10.9 Å². The van der Waals surface area contributed by atoms with E-state index in [0.29, 0.717) is 29.4 Å². The minimum absolute atomic E-state index is 0.0383. The Morgan fingerprint density at radius 3 is 2.77 bits per heavy atom. The second-order valence-corrected chi connectivity index (χ2v) is 7.09. The van der Waals surface area contributed by atoms with E-state index >= 15 is 0 Å². The van der Waals surface area contributed by atoms with Gasteiger partial charge in [-0.2, -0.15) is 0 Å². The molecule has 0 aliphatic carbocycles. The molecular formula is C22H21N5O3. The van der Waals surface area contributed by atoms with Gasteiger partial charge in [-0.15, -0.1) is 0 Å². The Balaban J connectivity index is 1.82. The van der Waals surface area contributed by atoms with E-state index in [0.717, 1.165) is 16.7 Å². The Morgan fingerprint density at radius 1 is 1.23 bits per heavy atom. The van der Waals surface area contributed by atoms with E-state index in [4.69, 9.17) is 0 Å². The van der Waals surface area contributed by atoms with Crippen molar-refractivity contribution in [3.05, 3.63) is 87.4 Å². The Bertz CT molecular complexity index is 1170. The fraction of sp³-hybridized carbons (Fsp3) is 0.227. The molecular weight excluding hydrogens is 382 g/mol. The molecule has 0 bridgehead atoms. The van der Waals surface area contributed by atoms with E-state index < -0.39 is 10.6 Å². The Morgan fingerprint density at radius 2 is 2.03 bits per heavy atom. The molecule has 0 saturated heterocycles. The Kier molecular flexibility index (Phi) is 5.35. The summed E-state index contributed by atoms with van der Waals surface area (Å²) in [4.78, 5) is 24.3. The highest BCUT2D eigenvalue weighted by molar-refractivity contribution is 5.86. The van der Waals surface area contributed by atoms with E-state index in [1.54, 1.807) is 18.5 Å². The van der Waals surface area contributed by atoms with Gasteiger partial charge in [-0.25, -0.2) is 9.97 Å². The van der Waals surface area contributed by atoms with Crippen molar-refractivity contribution in [2.45, 2.75) is 25.6 Å². The lowest BCUT2D eigenvalue weighted by atomic mass is 9.94. The molecule has 30 heavy (non-hydrogen) atoms. The van der Waals surface area contributed by atoms with Crippen molar-refractivity contribution in [3.8, 4) is 0 Å². The number of rotatable bonds is 7. The molecule has 2 N–H and O–H groups in total. The fourth-order valence-corrected chi connectivity index (χ4v) is 3.81. The number of fused-ring (bicyclic) bond motifs is 1. The Labute approximate surface area is 173 Å². The maximum Gasteiger partial charge on any atom is 0.277 e. The predicted molar refractivity (Wildman–Crippen MR) is 114 cm³/mol. The molecule has 152 valence electrons. The second-order valence-electron chi connectivity index (χ2n) is 7.09. The molecule has 0 saturated carbocycles. The highest BCUT2D eigenvalue weighted by Gasteiger charge is 2.38. The first kappa shape index (κ1) is 19.8. The normalized spacial score (nSPS) is 18.0. The summed E-state index contributed by atoms with van der Waals surface area (Å²) >= 11 is 0. The van der Waals surface area contributed by atoms with Crippen molar-refractivity contribution in [3.63, 3.8) is 0 Å². The first-order chi connectivity index (χ1) is 14.6. The highest BCUT2D eigenvalue weighted by atomic mass is 16.6. The van der Waals surface area contributed by atoms with Crippen molar-refractivity contribution in [2.75, 3.05) is 6.54 Å². The number of hydrogen-bond acceptors (Lipinski definition) is 7. The summed E-state index contributed by atoms with van der Waals surface area (Å²) in [5.41, 5.74) is 2.71. The highest BCUT2D eigenvalue weighted by Crippen LogP contribution is 2.38. The average Bonchev–Trinajstić information content (AvgIpc) is 3.17. The number of likely N-dealkylation sites (N-methyl/N-ethyl adjacent to an activating group) is 1. The van der Waals surface area contributed by atoms with Gasteiger partial charge in [0.05, 0.1) is 22.6 Å². The number of nitro benzene ring substituents is 1. The van der Waals surface area contributed by atoms with E-state index in [9.17, 15) is 15.2 Å². The van der Waals surface area contributed by atoms with Crippen molar-refractivity contribution >= 4 is 22.8 Å². The van der Waals surface area contributed by atoms with Crippen LogP contribution < -0.4 is 5.32 Å². The SMILES string of the molecule is CCNC1(c2cc3ncncc3cc2[N+](=O)[O-])C=C(Cc2ccccc2CO)C=N1. The molecule has 3 aromatic rings. The topological polar surface area (TPSA) is 114 Å². The monoisotopic (exact) mass is 403 g/mol. The number of aromatic nitrogens is 2. The molecule has 0 fully saturated rings. The number of aliphatic hydroxyl groups excluding tert-OH is 1. The van der Waals surface area contributed by atoms with Crippen molar-refractivity contribution in [1.82, 2.24) is 15.3 Å². The molecule has 2 aromatic carbocycles. The molecule has 8 nitrogen and oxygen atoms in total. The van der Waals surface area contributed by atoms with Crippen LogP contribution in [-0.4, -0.2) is 32.8 Å². The van der Waals surface area contributed by atoms with Crippen molar-refractivity contribution in [1.29, 1.82) is 0 Å². The zero-order valence-corrected chi connectivity index (χ0v) is 16.4. The molecule has 1 aliphatic heterocycles. The zero-order chi connectivity index (χ0) is 21.1. The fourth-order valence-electron chi connectivity index (χ4n) is 3.81. The van der Waals surface area contributed by atoms with Crippen LogP contribution in [0.4, 0.5) is 5.69 Å². The summed E-state index contributed by atoms with van der Waals surface area (Å²) in [6.45, 7) is 2.45. The third-order valence-electron chi connectivity index (χ3n) is 5.19. The number of nitrogens with zero attached hydrogens (tertiary/aromatic N) is 4. The molecule has 1 aromatic heterocycles. The summed E-state index contributed by atoms with van der Waals surface area (Å²) in [6, 6.07) is 10.8. The number of nitro groups is 1. The molecule has 8 heteroatoms. The first-order valence-electron chi connectivity index (χ1n) is 9.64. The average molecular weight is 403 g/mol. The third-order valence-corrected chi connectivity index (χ3v) is 5.19. The Hall–Kier alpha value is -3.49. The van der Waals surface area contributed by atoms with Crippen LogP contribution >= 0.6 is 0 Å². The van der Waals surface area contributed by atoms with Gasteiger partial charge >= 0.3 is 0 Å². The number of aliphatic hydroxyl groups is 1. The molecule has 1 unspecified atom stereocenters. The summed E-state index contributed by atoms with van der Waals surface area (Å²) in [5.74, 6) is 0. The van der Waals surface area contributed by atoms with Gasteiger partial charge < -0.3 is 5.11 Å². The molecule has 0 amide bonds. The summed E-state index contributed by atoms with van der Waals surface area (Å²) in [7, 11) is 0. The van der Waals surface area contributed by atoms with Crippen LogP contribution in [-0.2, 0) is 18.7 Å². The standard InChI is InChI=1S/C22H21N5O3/c1-2-25-22(10-15(11-26-22)7-16-5-3-4-6-17(16)13-28)19-9-20-18(12-23-14-24-20)8-21(19)27(29)30/h3-6,8-12,14,25,28H,2,7,13H2,1H3. The van der Waals surface area contributed by atoms with Crippen LogP contribution in [0.15, 0.2) is 65.6 Å². The molecule has 0 spiro atoms. The van der Waals surface area contributed by atoms with Crippen LogP contribution in [0.3, 0.4) is 0 Å². The maximum atomic E-state index is 11.9. The molecule has 1 atom stereocenters. The number of benzene rings is 2. The molecule has 0 radical (unpaired) electrons. The summed E-state index contributed by atoms with van der Waals surface area (Å²) < 4.78 is 0. The summed E-state index contributed by atoms with van der Waals surface area (Å²) in [6.07, 6.45) is 7.20. The van der Waals surface area contributed by atoms with Crippen LogP contribution in [0.2, 0.25) is 0 Å². The van der Waals surface area contributed by atoms with Gasteiger partial charge in [-0.05, 0) is 41.8 Å². The molecule has 1 aliphatic rings. The lowest BCUT2D eigenvalue weighted by molar-refractivity contribution is -0.385. The number of aliphatic imine (C=N–C) groups is 1. The number of hydrogen-bond donors (Lipinski definition) is 2. The minimum Gasteiger partial charge on any atom is -0.392 e. The second kappa shape index (κ2) is 8.10. The van der Waals surface area contributed by atoms with Gasteiger partial charge in [0.1, 0.15) is 6.33 Å². The molecule has 2 heterocycles. The zero-order valence-electron chi connectivity index (χ0n) is 16.4. The van der Waals surface area contributed by atoms with Gasteiger partial charge in [0.2, 0.25) is 0 Å². The maximum absolute atomic E-state index is 11.9.